The van der Waals surface area contributed by atoms with E-state index in [-0.39, 0.29) is 46.9 Å². The van der Waals surface area contributed by atoms with Crippen molar-refractivity contribution < 1.29 is 28.7 Å². The lowest BCUT2D eigenvalue weighted by atomic mass is 9.82. The predicted octanol–water partition coefficient (Wildman–Crippen LogP) is -0.836. The van der Waals surface area contributed by atoms with Crippen LogP contribution >= 0.6 is 0 Å². The number of methoxy groups -OCH3 is 1. The molecule has 1 aliphatic carbocycles. The number of nitrogens with zero attached hydrogens (tertiary/aromatic N) is 2. The van der Waals surface area contributed by atoms with Gasteiger partial charge in [0.05, 0.1) is 23.4 Å². The Kier molecular flexibility index (Phi) is 4.09. The van der Waals surface area contributed by atoms with E-state index in [2.05, 4.69) is 0 Å². The van der Waals surface area contributed by atoms with Gasteiger partial charge in [-0.2, -0.15) is 0 Å². The van der Waals surface area contributed by atoms with Gasteiger partial charge in [0.1, 0.15) is 12.6 Å². The maximum atomic E-state index is 13.0. The maximum absolute atomic E-state index is 13.0. The standard InChI is InChI=1S/C19H22N4O6/c1-4-5-11(24)23-10-6-22-14-12(16(26)13(20)8(2)15(14)25)9(7-29-18(21)27)19(22,28-3)17(10)23/h4-5,9-10,17H,6-7,20H2,1-3H3,(H2,21,27)/b5-4+/t9-,10?,17?,19-,23?/m1/s1. The van der Waals surface area contributed by atoms with Crippen molar-refractivity contribution in [3.05, 3.63) is 34.7 Å². The van der Waals surface area contributed by atoms with Gasteiger partial charge >= 0.3 is 6.09 Å². The molecule has 4 atom stereocenters. The Hall–Kier alpha value is -3.14. The molecule has 0 spiro atoms. The SMILES string of the molecule is C/C=C/C(=O)N1C2CN3C4=C(C(=O)C(N)=C(C)C4=O)[C@@H](COC(N)=O)[C@@]3(OC)C21. The number of nitrogens with two attached hydrogens (primary N) is 2. The minimum Gasteiger partial charge on any atom is -0.449 e. The second-order valence-electron chi connectivity index (χ2n) is 7.47. The van der Waals surface area contributed by atoms with Crippen molar-refractivity contribution in [3.8, 4) is 0 Å². The number of Topliss-reactive ketones (excluding diaryl/α,β-unsaturated/α-hetero) is 2. The molecule has 3 aliphatic heterocycles. The van der Waals surface area contributed by atoms with Gasteiger partial charge in [-0.05, 0) is 19.9 Å². The summed E-state index contributed by atoms with van der Waals surface area (Å²) in [5.74, 6) is -1.88. The predicted molar refractivity (Wildman–Crippen MR) is 98.6 cm³/mol. The average Bonchev–Trinajstić information content (AvgIpc) is 3.19. The Labute approximate surface area is 166 Å². The molecule has 10 heteroatoms. The Morgan fingerprint density at radius 3 is 2.59 bits per heavy atom. The van der Waals surface area contributed by atoms with Crippen LogP contribution in [0.15, 0.2) is 34.7 Å². The number of carbonyl (C=O) groups is 4. The molecular formula is C19H22N4O6. The third-order valence-corrected chi connectivity index (χ3v) is 6.25. The number of hydrogen-bond acceptors (Lipinski definition) is 8. The second-order valence-corrected chi connectivity index (χ2v) is 7.47. The molecule has 4 rings (SSSR count). The van der Waals surface area contributed by atoms with Crippen molar-refractivity contribution in [3.63, 3.8) is 0 Å². The van der Waals surface area contributed by atoms with Gasteiger partial charge in [-0.15, -0.1) is 0 Å². The molecule has 2 saturated heterocycles. The fourth-order valence-electron chi connectivity index (χ4n) is 5.01. The summed E-state index contributed by atoms with van der Waals surface area (Å²) in [6, 6.07) is -0.597. The molecule has 0 saturated carbocycles. The van der Waals surface area contributed by atoms with Crippen molar-refractivity contribution in [1.29, 1.82) is 0 Å². The van der Waals surface area contributed by atoms with Gasteiger partial charge in [0.2, 0.25) is 17.5 Å². The molecular weight excluding hydrogens is 380 g/mol. The molecule has 3 heterocycles. The van der Waals surface area contributed by atoms with Crippen LogP contribution in [0.3, 0.4) is 0 Å². The van der Waals surface area contributed by atoms with E-state index in [1.165, 1.54) is 20.1 Å². The van der Waals surface area contributed by atoms with E-state index in [0.29, 0.717) is 6.54 Å². The fourth-order valence-corrected chi connectivity index (χ4v) is 5.01. The van der Waals surface area contributed by atoms with E-state index < -0.39 is 29.6 Å². The lowest BCUT2D eigenvalue weighted by Crippen LogP contribution is -2.56. The number of hydrogen-bond donors (Lipinski definition) is 2. The highest BCUT2D eigenvalue weighted by Gasteiger charge is 2.77. The topological polar surface area (TPSA) is 145 Å². The Morgan fingerprint density at radius 2 is 2.00 bits per heavy atom. The monoisotopic (exact) mass is 402 g/mol. The van der Waals surface area contributed by atoms with Crippen molar-refractivity contribution in [1.82, 2.24) is 9.80 Å². The number of fused-ring (bicyclic) bond motifs is 4. The molecule has 4 aliphatic rings. The minimum atomic E-state index is -1.22. The lowest BCUT2D eigenvalue weighted by molar-refractivity contribution is -0.151. The Bertz CT molecular complexity index is 950. The summed E-state index contributed by atoms with van der Waals surface area (Å²) < 4.78 is 10.9. The summed E-state index contributed by atoms with van der Waals surface area (Å²) in [4.78, 5) is 53.1. The van der Waals surface area contributed by atoms with Gasteiger partial charge < -0.3 is 30.7 Å². The van der Waals surface area contributed by atoms with Crippen LogP contribution in [0.4, 0.5) is 4.79 Å². The zero-order valence-electron chi connectivity index (χ0n) is 16.3. The number of amides is 2. The van der Waals surface area contributed by atoms with Crippen molar-refractivity contribution in [2.45, 2.75) is 31.7 Å². The first-order valence-corrected chi connectivity index (χ1v) is 9.22. The van der Waals surface area contributed by atoms with E-state index in [4.69, 9.17) is 20.9 Å². The third kappa shape index (κ3) is 2.26. The molecule has 0 radical (unpaired) electrons. The molecule has 0 aromatic heterocycles. The Morgan fingerprint density at radius 1 is 1.31 bits per heavy atom. The number of primary amides is 1. The highest BCUT2D eigenvalue weighted by molar-refractivity contribution is 6.25. The molecule has 2 amide bonds. The molecule has 0 bridgehead atoms. The molecule has 0 aromatic carbocycles. The first kappa shape index (κ1) is 19.2. The summed E-state index contributed by atoms with van der Waals surface area (Å²) in [6.45, 7) is 3.28. The highest BCUT2D eigenvalue weighted by atomic mass is 16.6. The van der Waals surface area contributed by atoms with Crippen LogP contribution in [0.2, 0.25) is 0 Å². The van der Waals surface area contributed by atoms with Gasteiger partial charge in [-0.3, -0.25) is 14.4 Å². The largest absolute Gasteiger partial charge is 0.449 e. The number of rotatable bonds is 4. The van der Waals surface area contributed by atoms with Gasteiger partial charge in [-0.25, -0.2) is 4.79 Å². The van der Waals surface area contributed by atoms with Crippen molar-refractivity contribution in [2.24, 2.45) is 17.4 Å². The summed E-state index contributed by atoms with van der Waals surface area (Å²) in [6.07, 6.45) is 2.07. The van der Waals surface area contributed by atoms with E-state index in [9.17, 15) is 19.2 Å². The maximum Gasteiger partial charge on any atom is 0.404 e. The third-order valence-electron chi connectivity index (χ3n) is 6.25. The number of allylic oxidation sites excluding steroid dienone is 3. The number of ketones is 2. The van der Waals surface area contributed by atoms with Gasteiger partial charge in [-0.1, -0.05) is 6.08 Å². The molecule has 2 unspecified atom stereocenters. The quantitative estimate of drug-likeness (QED) is 0.352. The van der Waals surface area contributed by atoms with Crippen LogP contribution in [0.1, 0.15) is 13.8 Å². The number of piperazine rings is 1. The zero-order chi connectivity index (χ0) is 21.2. The molecule has 29 heavy (non-hydrogen) atoms. The molecule has 154 valence electrons. The van der Waals surface area contributed by atoms with Crippen LogP contribution in [-0.2, 0) is 23.9 Å². The van der Waals surface area contributed by atoms with Crippen LogP contribution < -0.4 is 11.5 Å². The number of ether oxygens (including phenoxy) is 2. The van der Waals surface area contributed by atoms with E-state index in [1.54, 1.807) is 22.8 Å². The van der Waals surface area contributed by atoms with Crippen LogP contribution in [0, 0.1) is 5.92 Å². The highest BCUT2D eigenvalue weighted by Crippen LogP contribution is 2.59. The van der Waals surface area contributed by atoms with E-state index in [1.807, 2.05) is 0 Å². The first-order valence-electron chi connectivity index (χ1n) is 9.22. The molecule has 10 nitrogen and oxygen atoms in total. The van der Waals surface area contributed by atoms with Crippen molar-refractivity contribution >= 4 is 23.6 Å². The van der Waals surface area contributed by atoms with Crippen LogP contribution in [0.5, 0.6) is 0 Å². The van der Waals surface area contributed by atoms with E-state index in [0.717, 1.165) is 0 Å². The zero-order valence-corrected chi connectivity index (χ0v) is 16.3. The van der Waals surface area contributed by atoms with E-state index >= 15 is 0 Å². The van der Waals surface area contributed by atoms with Gasteiger partial charge in [0.25, 0.3) is 0 Å². The molecule has 4 N–H and O–H groups in total. The first-order chi connectivity index (χ1) is 13.7. The number of carbonyl (C=O) groups excluding carboxylic acids is 4. The average molecular weight is 402 g/mol. The Balaban J connectivity index is 1.81. The summed E-state index contributed by atoms with van der Waals surface area (Å²) in [5, 5.41) is 0. The van der Waals surface area contributed by atoms with Gasteiger partial charge in [0.15, 0.2) is 5.72 Å². The van der Waals surface area contributed by atoms with Crippen LogP contribution in [0.25, 0.3) is 0 Å². The minimum absolute atomic E-state index is 0.139. The van der Waals surface area contributed by atoms with Gasteiger partial charge in [0, 0.05) is 24.8 Å². The fraction of sp³-hybridized carbons (Fsp3) is 0.474. The molecule has 2 fully saturated rings. The smallest absolute Gasteiger partial charge is 0.404 e. The lowest BCUT2D eigenvalue weighted by Gasteiger charge is -2.40. The normalized spacial score (nSPS) is 32.7. The van der Waals surface area contributed by atoms with Crippen LogP contribution in [-0.4, -0.2) is 71.4 Å². The summed E-state index contributed by atoms with van der Waals surface area (Å²) >= 11 is 0. The summed E-state index contributed by atoms with van der Waals surface area (Å²) in [5.41, 5.74) is 10.2. The molecule has 0 aromatic rings. The second kappa shape index (κ2) is 6.18. The summed E-state index contributed by atoms with van der Waals surface area (Å²) in [7, 11) is 1.44. The van der Waals surface area contributed by atoms with Crippen molar-refractivity contribution in [2.75, 3.05) is 20.3 Å².